The molecule has 21 heavy (non-hydrogen) atoms. The molecule has 7 heteroatoms. The maximum Gasteiger partial charge on any atom is 0.330 e. The topological polar surface area (TPSA) is 63.6 Å². The molecule has 0 aliphatic rings. The summed E-state index contributed by atoms with van der Waals surface area (Å²) in [6.45, 7) is 3.42. The third-order valence-electron chi connectivity index (χ3n) is 2.59. The maximum atomic E-state index is 11.7. The van der Waals surface area contributed by atoms with E-state index in [9.17, 15) is 9.59 Å². The Balaban J connectivity index is 2.45. The van der Waals surface area contributed by atoms with Crippen molar-refractivity contribution in [3.63, 3.8) is 0 Å². The van der Waals surface area contributed by atoms with Gasteiger partial charge in [-0.1, -0.05) is 29.8 Å². The van der Waals surface area contributed by atoms with Crippen molar-refractivity contribution in [2.75, 3.05) is 0 Å². The summed E-state index contributed by atoms with van der Waals surface area (Å²) in [7, 11) is 0. The van der Waals surface area contributed by atoms with Crippen molar-refractivity contribution in [2.24, 2.45) is 0 Å². The molecule has 0 aliphatic carbocycles. The van der Waals surface area contributed by atoms with Gasteiger partial charge in [0.05, 0.1) is 8.59 Å². The van der Waals surface area contributed by atoms with E-state index in [1.165, 1.54) is 6.07 Å². The van der Waals surface area contributed by atoms with Crippen LogP contribution in [0.2, 0.25) is 10.0 Å². The lowest BCUT2D eigenvalue weighted by Crippen LogP contribution is -2.09. The molecule has 0 bridgehead atoms. The van der Waals surface area contributed by atoms with E-state index >= 15 is 0 Å². The third kappa shape index (κ3) is 6.23. The van der Waals surface area contributed by atoms with E-state index < -0.39 is 11.9 Å². The number of unbranched alkanes of at least 4 members (excludes halogenated alkanes) is 1. The van der Waals surface area contributed by atoms with Crippen molar-refractivity contribution >= 4 is 57.7 Å². The van der Waals surface area contributed by atoms with Crippen molar-refractivity contribution in [1.29, 1.82) is 0 Å². The van der Waals surface area contributed by atoms with Gasteiger partial charge < -0.3 is 9.84 Å². The van der Waals surface area contributed by atoms with Crippen LogP contribution in [0.15, 0.2) is 24.3 Å². The number of aliphatic carboxylic acids is 1. The van der Waals surface area contributed by atoms with Gasteiger partial charge >= 0.3 is 11.9 Å². The van der Waals surface area contributed by atoms with Gasteiger partial charge in [0.25, 0.3) is 0 Å². The molecule has 0 heterocycles. The van der Waals surface area contributed by atoms with Gasteiger partial charge in [0.1, 0.15) is 0 Å². The molecule has 0 fully saturated rings. The molecule has 1 N–H and O–H groups in total. The highest BCUT2D eigenvalue weighted by Gasteiger charge is 2.13. The second-order valence-electron chi connectivity index (χ2n) is 4.29. The SMILES string of the molecule is C=C(CCCCC(=O)Oc1c(Cl)cc(Cl)cc1I)C(=O)O. The van der Waals surface area contributed by atoms with Crippen LogP contribution in [0.3, 0.4) is 0 Å². The van der Waals surface area contributed by atoms with Crippen molar-refractivity contribution in [3.8, 4) is 5.75 Å². The summed E-state index contributed by atoms with van der Waals surface area (Å²) < 4.78 is 5.86. The Morgan fingerprint density at radius 3 is 2.43 bits per heavy atom. The molecule has 0 aromatic heterocycles. The van der Waals surface area contributed by atoms with Gasteiger partial charge in [0, 0.05) is 17.0 Å². The zero-order valence-electron chi connectivity index (χ0n) is 11.0. The summed E-state index contributed by atoms with van der Waals surface area (Å²) in [5.74, 6) is -1.14. The molecule has 0 unspecified atom stereocenters. The molecule has 114 valence electrons. The number of hydrogen-bond acceptors (Lipinski definition) is 3. The second kappa shape index (κ2) is 8.60. The van der Waals surface area contributed by atoms with Crippen LogP contribution in [0.25, 0.3) is 0 Å². The molecule has 0 radical (unpaired) electrons. The van der Waals surface area contributed by atoms with Gasteiger partial charge in [-0.2, -0.15) is 0 Å². The van der Waals surface area contributed by atoms with Crippen molar-refractivity contribution < 1.29 is 19.4 Å². The predicted octanol–water partition coefficient (Wildman–Crippen LogP) is 4.70. The smallest absolute Gasteiger partial charge is 0.330 e. The second-order valence-corrected chi connectivity index (χ2v) is 6.29. The number of halogens is 3. The highest BCUT2D eigenvalue weighted by atomic mass is 127. The summed E-state index contributed by atoms with van der Waals surface area (Å²) >= 11 is 13.8. The number of rotatable bonds is 7. The van der Waals surface area contributed by atoms with E-state index in [0.29, 0.717) is 33.6 Å². The van der Waals surface area contributed by atoms with Crippen LogP contribution < -0.4 is 4.74 Å². The molecule has 1 aromatic rings. The predicted molar refractivity (Wildman–Crippen MR) is 90.1 cm³/mol. The number of esters is 1. The number of carbonyl (C=O) groups is 2. The van der Waals surface area contributed by atoms with Gasteiger partial charge in [-0.3, -0.25) is 4.79 Å². The normalized spacial score (nSPS) is 10.2. The van der Waals surface area contributed by atoms with E-state index in [-0.39, 0.29) is 17.0 Å². The first-order valence-corrected chi connectivity index (χ1v) is 7.91. The first kappa shape index (κ1) is 18.3. The molecule has 0 atom stereocenters. The Morgan fingerprint density at radius 1 is 1.24 bits per heavy atom. The lowest BCUT2D eigenvalue weighted by atomic mass is 10.1. The standard InChI is InChI=1S/C14H13Cl2IO4/c1-8(14(19)20)4-2-3-5-12(18)21-13-10(16)6-9(15)7-11(13)17/h6-7H,1-5H2,(H,19,20). The fraction of sp³-hybridized carbons (Fsp3) is 0.286. The fourth-order valence-corrected chi connectivity index (χ4v) is 3.12. The van der Waals surface area contributed by atoms with E-state index in [1.807, 2.05) is 22.6 Å². The Kier molecular flexibility index (Phi) is 7.48. The highest BCUT2D eigenvalue weighted by molar-refractivity contribution is 14.1. The Hall–Kier alpha value is -0.790. The van der Waals surface area contributed by atoms with Gasteiger partial charge in [-0.05, 0) is 54.0 Å². The number of carboxylic acid groups (broad SMARTS) is 1. The lowest BCUT2D eigenvalue weighted by Gasteiger charge is -2.09. The summed E-state index contributed by atoms with van der Waals surface area (Å²) in [6.07, 6.45) is 1.61. The summed E-state index contributed by atoms with van der Waals surface area (Å²) in [4.78, 5) is 22.3. The molecule has 1 rings (SSSR count). The summed E-state index contributed by atoms with van der Waals surface area (Å²) in [5, 5.41) is 9.40. The van der Waals surface area contributed by atoms with Crippen LogP contribution in [0, 0.1) is 3.57 Å². The van der Waals surface area contributed by atoms with Crippen LogP contribution in [0.4, 0.5) is 0 Å². The molecular weight excluding hydrogens is 430 g/mol. The van der Waals surface area contributed by atoms with Gasteiger partial charge in [0.2, 0.25) is 0 Å². The van der Waals surface area contributed by atoms with Crippen LogP contribution in [-0.2, 0) is 9.59 Å². The quantitative estimate of drug-likeness (QED) is 0.218. The zero-order valence-corrected chi connectivity index (χ0v) is 14.7. The average molecular weight is 443 g/mol. The van der Waals surface area contributed by atoms with Crippen molar-refractivity contribution in [1.82, 2.24) is 0 Å². The molecular formula is C14H13Cl2IO4. The average Bonchev–Trinajstić information content (AvgIpc) is 2.38. The van der Waals surface area contributed by atoms with Crippen LogP contribution in [0.1, 0.15) is 25.7 Å². The van der Waals surface area contributed by atoms with Gasteiger partial charge in [0.15, 0.2) is 5.75 Å². The van der Waals surface area contributed by atoms with E-state index in [0.717, 1.165) is 0 Å². The Morgan fingerprint density at radius 2 is 1.86 bits per heavy atom. The third-order valence-corrected chi connectivity index (χ3v) is 3.89. The van der Waals surface area contributed by atoms with Gasteiger partial charge in [-0.25, -0.2) is 4.79 Å². The molecule has 0 aliphatic heterocycles. The minimum absolute atomic E-state index is 0.138. The maximum absolute atomic E-state index is 11.7. The fourth-order valence-electron chi connectivity index (χ4n) is 1.51. The molecule has 0 saturated heterocycles. The first-order chi connectivity index (χ1) is 9.81. The molecule has 4 nitrogen and oxygen atoms in total. The minimum atomic E-state index is -1.01. The molecule has 1 aromatic carbocycles. The minimum Gasteiger partial charge on any atom is -0.478 e. The lowest BCUT2D eigenvalue weighted by molar-refractivity contribution is -0.134. The molecule has 0 spiro atoms. The number of hydrogen-bond donors (Lipinski definition) is 1. The zero-order chi connectivity index (χ0) is 16.0. The van der Waals surface area contributed by atoms with E-state index in [4.69, 9.17) is 33.0 Å². The number of ether oxygens (including phenoxy) is 1. The van der Waals surface area contributed by atoms with Crippen molar-refractivity contribution in [2.45, 2.75) is 25.7 Å². The van der Waals surface area contributed by atoms with Crippen LogP contribution >= 0.6 is 45.8 Å². The molecule has 0 amide bonds. The first-order valence-electron chi connectivity index (χ1n) is 6.07. The van der Waals surface area contributed by atoms with Crippen LogP contribution in [-0.4, -0.2) is 17.0 Å². The Labute approximate surface area is 146 Å². The van der Waals surface area contributed by atoms with Crippen molar-refractivity contribution in [3.05, 3.63) is 37.9 Å². The number of carboxylic acids is 1. The summed E-state index contributed by atoms with van der Waals surface area (Å²) in [5.41, 5.74) is 0.138. The van der Waals surface area contributed by atoms with Crippen LogP contribution in [0.5, 0.6) is 5.75 Å². The summed E-state index contributed by atoms with van der Waals surface area (Å²) in [6, 6.07) is 3.15. The van der Waals surface area contributed by atoms with E-state index in [2.05, 4.69) is 6.58 Å². The largest absolute Gasteiger partial charge is 0.478 e. The monoisotopic (exact) mass is 442 g/mol. The van der Waals surface area contributed by atoms with E-state index in [1.54, 1.807) is 6.07 Å². The highest BCUT2D eigenvalue weighted by Crippen LogP contribution is 2.33. The molecule has 0 saturated carbocycles. The Bertz CT molecular complexity index is 549. The van der Waals surface area contributed by atoms with Gasteiger partial charge in [-0.15, -0.1) is 0 Å². The number of benzene rings is 1. The number of carbonyl (C=O) groups excluding carboxylic acids is 1.